The lowest BCUT2D eigenvalue weighted by Gasteiger charge is -2.24. The molecule has 0 fully saturated rings. The Bertz CT molecular complexity index is 1440. The molecule has 1 aliphatic heterocycles. The molecule has 1 unspecified atom stereocenters. The first kappa shape index (κ1) is 21.9. The summed E-state index contributed by atoms with van der Waals surface area (Å²) in [6.45, 7) is 4.03. The fraction of sp³-hybridized carbons (Fsp3) is 0.214. The van der Waals surface area contributed by atoms with Crippen LogP contribution in [0.5, 0.6) is 5.75 Å². The molecule has 6 nitrogen and oxygen atoms in total. The van der Waals surface area contributed by atoms with Gasteiger partial charge in [-0.1, -0.05) is 48.5 Å². The van der Waals surface area contributed by atoms with Crippen molar-refractivity contribution in [2.45, 2.75) is 26.5 Å². The second-order valence-electron chi connectivity index (χ2n) is 8.60. The van der Waals surface area contributed by atoms with Crippen molar-refractivity contribution in [3.8, 4) is 5.75 Å². The molecule has 2 heterocycles. The average Bonchev–Trinajstić information content (AvgIpc) is 3.11. The van der Waals surface area contributed by atoms with Crippen molar-refractivity contribution >= 4 is 16.9 Å². The lowest BCUT2D eigenvalue weighted by Crippen LogP contribution is -2.32. The smallest absolute Gasteiger partial charge is 0.290 e. The Hall–Kier alpha value is -3.90. The number of carbonyl (C=O) groups is 1. The molecule has 0 saturated carbocycles. The van der Waals surface area contributed by atoms with E-state index in [1.807, 2.05) is 74.5 Å². The first-order valence-corrected chi connectivity index (χ1v) is 11.2. The summed E-state index contributed by atoms with van der Waals surface area (Å²) in [6, 6.07) is 20.3. The van der Waals surface area contributed by atoms with E-state index in [4.69, 9.17) is 9.15 Å². The highest BCUT2D eigenvalue weighted by Gasteiger charge is 2.42. The van der Waals surface area contributed by atoms with E-state index in [-0.39, 0.29) is 24.3 Å². The Morgan fingerprint density at radius 2 is 1.79 bits per heavy atom. The Kier molecular flexibility index (Phi) is 5.67. The number of carbonyl (C=O) groups excluding carboxylic acids is 1. The number of aliphatic hydroxyl groups excluding tert-OH is 1. The van der Waals surface area contributed by atoms with Crippen LogP contribution in [-0.4, -0.2) is 29.1 Å². The van der Waals surface area contributed by atoms with Crippen LogP contribution < -0.4 is 10.2 Å². The maximum Gasteiger partial charge on any atom is 0.290 e. The monoisotopic (exact) mass is 455 g/mol. The molecule has 1 aromatic heterocycles. The largest absolute Gasteiger partial charge is 0.489 e. The molecule has 0 bridgehead atoms. The Morgan fingerprint density at radius 1 is 1.00 bits per heavy atom. The van der Waals surface area contributed by atoms with E-state index in [1.165, 1.54) is 4.90 Å². The summed E-state index contributed by atoms with van der Waals surface area (Å²) in [5.74, 6) is 0.269. The van der Waals surface area contributed by atoms with Gasteiger partial charge in [0.15, 0.2) is 5.43 Å². The highest BCUT2D eigenvalue weighted by molar-refractivity contribution is 5.99. The molecule has 1 aliphatic rings. The minimum absolute atomic E-state index is 0.0403. The number of hydrogen-bond donors (Lipinski definition) is 1. The van der Waals surface area contributed by atoms with Crippen molar-refractivity contribution in [3.05, 3.63) is 111 Å². The molecular weight excluding hydrogens is 430 g/mol. The Morgan fingerprint density at radius 3 is 2.56 bits per heavy atom. The second kappa shape index (κ2) is 8.80. The third kappa shape index (κ3) is 3.76. The van der Waals surface area contributed by atoms with Gasteiger partial charge in [0.1, 0.15) is 17.9 Å². The van der Waals surface area contributed by atoms with Gasteiger partial charge >= 0.3 is 0 Å². The molecule has 1 amide bonds. The van der Waals surface area contributed by atoms with Crippen molar-refractivity contribution in [2.24, 2.45) is 0 Å². The van der Waals surface area contributed by atoms with Crippen LogP contribution in [0.3, 0.4) is 0 Å². The molecule has 3 aromatic carbocycles. The number of nitrogens with zero attached hydrogens (tertiary/aromatic N) is 1. The van der Waals surface area contributed by atoms with Crippen LogP contribution in [0.1, 0.15) is 44.4 Å². The Balaban J connectivity index is 1.61. The van der Waals surface area contributed by atoms with E-state index in [2.05, 4.69) is 0 Å². The van der Waals surface area contributed by atoms with Gasteiger partial charge in [-0.15, -0.1) is 0 Å². The van der Waals surface area contributed by atoms with Gasteiger partial charge < -0.3 is 19.2 Å². The van der Waals surface area contributed by atoms with Crippen molar-refractivity contribution in [1.29, 1.82) is 0 Å². The molecule has 0 spiro atoms. The predicted octanol–water partition coefficient (Wildman–Crippen LogP) is 4.53. The molecule has 4 aromatic rings. The van der Waals surface area contributed by atoms with Gasteiger partial charge in [-0.05, 0) is 54.3 Å². The number of aliphatic hydroxyl groups is 1. The molecule has 1 atom stereocenters. The predicted molar refractivity (Wildman–Crippen MR) is 129 cm³/mol. The van der Waals surface area contributed by atoms with Crippen LogP contribution in [0, 0.1) is 13.8 Å². The molecule has 6 heteroatoms. The number of β-amino-alcohol motifs (C(OH)–C–C–N with tert-alkyl or cyclic N) is 1. The fourth-order valence-electron chi connectivity index (χ4n) is 4.67. The lowest BCUT2D eigenvalue weighted by molar-refractivity contribution is 0.0691. The van der Waals surface area contributed by atoms with Gasteiger partial charge in [0.2, 0.25) is 5.76 Å². The van der Waals surface area contributed by atoms with Gasteiger partial charge in [-0.25, -0.2) is 0 Å². The molecule has 1 N–H and O–H groups in total. The first-order chi connectivity index (χ1) is 16.5. The summed E-state index contributed by atoms with van der Waals surface area (Å²) < 4.78 is 12.0. The van der Waals surface area contributed by atoms with Gasteiger partial charge in [-0.3, -0.25) is 9.59 Å². The number of hydrogen-bond acceptors (Lipinski definition) is 5. The van der Waals surface area contributed by atoms with Crippen molar-refractivity contribution in [1.82, 2.24) is 4.90 Å². The third-order valence-electron chi connectivity index (χ3n) is 6.16. The summed E-state index contributed by atoms with van der Waals surface area (Å²) in [6.07, 6.45) is 0. The minimum Gasteiger partial charge on any atom is -0.489 e. The maximum atomic E-state index is 13.7. The summed E-state index contributed by atoms with van der Waals surface area (Å²) in [4.78, 5) is 28.5. The van der Waals surface area contributed by atoms with Gasteiger partial charge in [0, 0.05) is 6.54 Å². The quantitative estimate of drug-likeness (QED) is 0.462. The zero-order valence-electron chi connectivity index (χ0n) is 19.1. The lowest BCUT2D eigenvalue weighted by atomic mass is 9.97. The van der Waals surface area contributed by atoms with Crippen LogP contribution in [0.2, 0.25) is 0 Å². The highest BCUT2D eigenvalue weighted by atomic mass is 16.5. The number of amides is 1. The van der Waals surface area contributed by atoms with Gasteiger partial charge in [0.05, 0.1) is 23.6 Å². The number of ether oxygens (including phenoxy) is 1. The van der Waals surface area contributed by atoms with Crippen LogP contribution in [0.4, 0.5) is 0 Å². The van der Waals surface area contributed by atoms with Crippen molar-refractivity contribution in [2.75, 3.05) is 13.2 Å². The first-order valence-electron chi connectivity index (χ1n) is 11.2. The van der Waals surface area contributed by atoms with Crippen LogP contribution in [0.25, 0.3) is 11.0 Å². The topological polar surface area (TPSA) is 80.0 Å². The number of rotatable bonds is 6. The van der Waals surface area contributed by atoms with Crippen LogP contribution in [0.15, 0.2) is 75.9 Å². The van der Waals surface area contributed by atoms with Crippen molar-refractivity contribution in [3.63, 3.8) is 0 Å². The zero-order chi connectivity index (χ0) is 23.8. The van der Waals surface area contributed by atoms with E-state index >= 15 is 0 Å². The normalized spacial score (nSPS) is 15.1. The highest BCUT2D eigenvalue weighted by Crippen LogP contribution is 2.39. The summed E-state index contributed by atoms with van der Waals surface area (Å²) in [5.41, 5.74) is 4.01. The molecule has 172 valence electrons. The summed E-state index contributed by atoms with van der Waals surface area (Å²) in [5, 5.41) is 10.1. The third-order valence-corrected chi connectivity index (χ3v) is 6.16. The fourth-order valence-corrected chi connectivity index (χ4v) is 4.67. The second-order valence-corrected chi connectivity index (χ2v) is 8.60. The summed E-state index contributed by atoms with van der Waals surface area (Å²) >= 11 is 0. The van der Waals surface area contributed by atoms with E-state index in [1.54, 1.807) is 6.07 Å². The van der Waals surface area contributed by atoms with E-state index in [0.29, 0.717) is 28.9 Å². The van der Waals surface area contributed by atoms with Crippen LogP contribution in [-0.2, 0) is 6.61 Å². The summed E-state index contributed by atoms with van der Waals surface area (Å²) in [7, 11) is 0. The minimum atomic E-state index is -0.670. The number of aryl methyl sites for hydroxylation is 2. The number of benzene rings is 3. The molecule has 0 aliphatic carbocycles. The standard InChI is InChI=1S/C28H25NO5/c1-17-13-18(2)26-22(14-17)25(31)23-24(29(11-12-30)28(32)27(23)34-26)20-9-6-10-21(15-20)33-16-19-7-4-3-5-8-19/h3-10,13-15,24,30H,11-12,16H2,1-2H3. The van der Waals surface area contributed by atoms with E-state index < -0.39 is 11.9 Å². The zero-order valence-corrected chi connectivity index (χ0v) is 19.1. The van der Waals surface area contributed by atoms with Gasteiger partial charge in [-0.2, -0.15) is 0 Å². The molecule has 5 rings (SSSR count). The maximum absolute atomic E-state index is 13.7. The van der Waals surface area contributed by atoms with E-state index in [9.17, 15) is 14.7 Å². The van der Waals surface area contributed by atoms with Crippen LogP contribution >= 0.6 is 0 Å². The van der Waals surface area contributed by atoms with Crippen molar-refractivity contribution < 1.29 is 19.1 Å². The SMILES string of the molecule is Cc1cc(C)c2oc3c(c(=O)c2c1)C(c1cccc(OCc2ccccc2)c1)N(CCO)C3=O. The van der Waals surface area contributed by atoms with E-state index in [0.717, 1.165) is 22.3 Å². The molecule has 0 radical (unpaired) electrons. The number of fused-ring (bicyclic) bond motifs is 2. The average molecular weight is 456 g/mol. The molecule has 34 heavy (non-hydrogen) atoms. The molecular formula is C28H25NO5. The van der Waals surface area contributed by atoms with Gasteiger partial charge in [0.25, 0.3) is 5.91 Å². The molecule has 0 saturated heterocycles. The Labute approximate surface area is 197 Å².